The SMILES string of the molecule is CN(c1ccc2c(n1)OCc1cc(-c3cnn(C)c3)ccc1-2)[C@@H]1C[C@H]2CC[C@@H](C1)N2. The number of pyridine rings is 1. The van der Waals surface area contributed by atoms with Crippen LogP contribution in [0.1, 0.15) is 31.2 Å². The van der Waals surface area contributed by atoms with E-state index in [1.54, 1.807) is 0 Å². The third-order valence-corrected chi connectivity index (χ3v) is 7.00. The molecule has 0 amide bonds. The number of hydrogen-bond acceptors (Lipinski definition) is 5. The van der Waals surface area contributed by atoms with Crippen molar-refractivity contribution in [1.82, 2.24) is 20.1 Å². The first-order chi connectivity index (χ1) is 14.6. The molecule has 3 aliphatic rings. The smallest absolute Gasteiger partial charge is 0.223 e. The summed E-state index contributed by atoms with van der Waals surface area (Å²) in [5.74, 6) is 1.76. The van der Waals surface area contributed by atoms with Crippen LogP contribution in [-0.2, 0) is 13.7 Å². The van der Waals surface area contributed by atoms with Gasteiger partial charge in [0.1, 0.15) is 12.4 Å². The van der Waals surface area contributed by atoms with Crippen molar-refractivity contribution >= 4 is 5.82 Å². The quantitative estimate of drug-likeness (QED) is 0.724. The average Bonchev–Trinajstić information content (AvgIpc) is 3.36. The minimum atomic E-state index is 0.548. The van der Waals surface area contributed by atoms with E-state index in [2.05, 4.69) is 52.7 Å². The number of nitrogens with zero attached hydrogens (tertiary/aromatic N) is 4. The van der Waals surface area contributed by atoms with Gasteiger partial charge in [-0.15, -0.1) is 0 Å². The van der Waals surface area contributed by atoms with E-state index in [0.29, 0.717) is 24.7 Å². The minimum absolute atomic E-state index is 0.548. The summed E-state index contributed by atoms with van der Waals surface area (Å²) in [5, 5.41) is 8.01. The predicted octanol–water partition coefficient (Wildman–Crippen LogP) is 3.76. The number of aryl methyl sites for hydroxylation is 1. The van der Waals surface area contributed by atoms with Crippen LogP contribution in [0, 0.1) is 0 Å². The van der Waals surface area contributed by atoms with Crippen molar-refractivity contribution in [1.29, 1.82) is 0 Å². The number of hydrogen-bond donors (Lipinski definition) is 1. The van der Waals surface area contributed by atoms with Crippen molar-refractivity contribution in [3.8, 4) is 28.1 Å². The fourth-order valence-electron chi connectivity index (χ4n) is 5.34. The highest BCUT2D eigenvalue weighted by Gasteiger charge is 2.35. The maximum Gasteiger partial charge on any atom is 0.223 e. The summed E-state index contributed by atoms with van der Waals surface area (Å²) in [6.07, 6.45) is 8.96. The number of rotatable bonds is 3. The molecule has 30 heavy (non-hydrogen) atoms. The lowest BCUT2D eigenvalue weighted by molar-refractivity contribution is 0.289. The lowest BCUT2D eigenvalue weighted by Crippen LogP contribution is -2.47. The third kappa shape index (κ3) is 2.98. The Hall–Kier alpha value is -2.86. The Labute approximate surface area is 176 Å². The molecule has 0 radical (unpaired) electrons. The Kier molecular flexibility index (Phi) is 4.09. The Balaban J connectivity index is 1.28. The number of nitrogens with one attached hydrogen (secondary N) is 1. The van der Waals surface area contributed by atoms with Gasteiger partial charge in [-0.05, 0) is 60.6 Å². The minimum Gasteiger partial charge on any atom is -0.472 e. The lowest BCUT2D eigenvalue weighted by atomic mass is 9.95. The van der Waals surface area contributed by atoms with Gasteiger partial charge in [-0.25, -0.2) is 0 Å². The standard InChI is InChI=1S/C24H27N5O/c1-28-13-17(12-25-28)15-3-6-21-16(9-15)14-30-24-22(21)7-8-23(27-24)29(2)20-10-18-4-5-19(11-20)26-18/h3,6-9,12-13,18-20,26H,4-5,10-11,14H2,1-2H3/t18-,19+,20-. The van der Waals surface area contributed by atoms with Crippen LogP contribution in [0.25, 0.3) is 22.3 Å². The molecule has 154 valence electrons. The molecule has 0 unspecified atom stereocenters. The second-order valence-electron chi connectivity index (χ2n) is 8.96. The van der Waals surface area contributed by atoms with Gasteiger partial charge in [0.25, 0.3) is 0 Å². The summed E-state index contributed by atoms with van der Waals surface area (Å²) in [5.41, 5.74) is 5.78. The van der Waals surface area contributed by atoms with Crippen LogP contribution in [0.3, 0.4) is 0 Å². The first kappa shape index (κ1) is 18.0. The Morgan fingerprint density at radius 2 is 1.87 bits per heavy atom. The maximum atomic E-state index is 6.11. The first-order valence-corrected chi connectivity index (χ1v) is 10.9. The van der Waals surface area contributed by atoms with Gasteiger partial charge in [0, 0.05) is 49.5 Å². The normalized spacial score (nSPS) is 24.1. The fraction of sp³-hybridized carbons (Fsp3) is 0.417. The molecule has 6 heteroatoms. The number of ether oxygens (including phenoxy) is 1. The molecule has 3 aliphatic heterocycles. The molecule has 3 atom stereocenters. The molecule has 0 aliphatic carbocycles. The molecule has 1 aromatic carbocycles. The summed E-state index contributed by atoms with van der Waals surface area (Å²) >= 11 is 0. The van der Waals surface area contributed by atoms with Crippen molar-refractivity contribution in [3.05, 3.63) is 48.3 Å². The van der Waals surface area contributed by atoms with E-state index >= 15 is 0 Å². The van der Waals surface area contributed by atoms with Gasteiger partial charge in [0.05, 0.1) is 6.20 Å². The van der Waals surface area contributed by atoms with Crippen LogP contribution in [0.2, 0.25) is 0 Å². The highest BCUT2D eigenvalue weighted by atomic mass is 16.5. The van der Waals surface area contributed by atoms with Gasteiger partial charge in [-0.2, -0.15) is 10.1 Å². The van der Waals surface area contributed by atoms with E-state index in [9.17, 15) is 0 Å². The number of piperidine rings is 1. The number of fused-ring (bicyclic) bond motifs is 5. The van der Waals surface area contributed by atoms with E-state index in [0.717, 1.165) is 22.8 Å². The molecule has 6 rings (SSSR count). The highest BCUT2D eigenvalue weighted by molar-refractivity contribution is 5.78. The molecule has 1 N–H and O–H groups in total. The topological polar surface area (TPSA) is 55.2 Å². The predicted molar refractivity (Wildman–Crippen MR) is 118 cm³/mol. The molecule has 3 aromatic rings. The summed E-state index contributed by atoms with van der Waals surface area (Å²) in [7, 11) is 4.12. The van der Waals surface area contributed by atoms with E-state index < -0.39 is 0 Å². The largest absolute Gasteiger partial charge is 0.472 e. The van der Waals surface area contributed by atoms with Gasteiger partial charge in [-0.1, -0.05) is 12.1 Å². The van der Waals surface area contributed by atoms with Gasteiger partial charge < -0.3 is 15.0 Å². The second kappa shape index (κ2) is 6.84. The van der Waals surface area contributed by atoms with Crippen LogP contribution in [0.15, 0.2) is 42.7 Å². The first-order valence-electron chi connectivity index (χ1n) is 10.9. The van der Waals surface area contributed by atoms with Crippen molar-refractivity contribution in [2.75, 3.05) is 11.9 Å². The molecule has 2 fully saturated rings. The molecule has 2 saturated heterocycles. The molecule has 0 saturated carbocycles. The summed E-state index contributed by atoms with van der Waals surface area (Å²) < 4.78 is 7.94. The molecule has 5 heterocycles. The molecule has 0 spiro atoms. The van der Waals surface area contributed by atoms with Crippen LogP contribution in [0.5, 0.6) is 5.88 Å². The zero-order valence-electron chi connectivity index (χ0n) is 17.5. The third-order valence-electron chi connectivity index (χ3n) is 7.00. The van der Waals surface area contributed by atoms with Crippen LogP contribution in [0.4, 0.5) is 5.82 Å². The Bertz CT molecular complexity index is 1090. The molecule has 2 aromatic heterocycles. The maximum absolute atomic E-state index is 6.11. The zero-order chi connectivity index (χ0) is 20.2. The highest BCUT2D eigenvalue weighted by Crippen LogP contribution is 2.40. The van der Waals surface area contributed by atoms with Gasteiger partial charge in [-0.3, -0.25) is 4.68 Å². The summed E-state index contributed by atoms with van der Waals surface area (Å²) in [4.78, 5) is 7.27. The Morgan fingerprint density at radius 1 is 1.07 bits per heavy atom. The van der Waals surface area contributed by atoms with Crippen molar-refractivity contribution in [2.24, 2.45) is 7.05 Å². The van der Waals surface area contributed by atoms with E-state index in [4.69, 9.17) is 9.72 Å². The van der Waals surface area contributed by atoms with Crippen molar-refractivity contribution < 1.29 is 4.74 Å². The second-order valence-corrected chi connectivity index (χ2v) is 8.96. The number of benzene rings is 1. The molecule has 2 bridgehead atoms. The number of aromatic nitrogens is 3. The number of anilines is 1. The summed E-state index contributed by atoms with van der Waals surface area (Å²) in [6.45, 7) is 0.550. The Morgan fingerprint density at radius 3 is 2.63 bits per heavy atom. The van der Waals surface area contributed by atoms with E-state index in [1.165, 1.54) is 42.4 Å². The lowest BCUT2D eigenvalue weighted by Gasteiger charge is -2.36. The van der Waals surface area contributed by atoms with E-state index in [1.807, 2.05) is 24.1 Å². The van der Waals surface area contributed by atoms with Gasteiger partial charge in [0.15, 0.2) is 0 Å². The van der Waals surface area contributed by atoms with Crippen LogP contribution in [-0.4, -0.2) is 39.9 Å². The molecule has 6 nitrogen and oxygen atoms in total. The van der Waals surface area contributed by atoms with Crippen molar-refractivity contribution in [3.63, 3.8) is 0 Å². The molecular formula is C24H27N5O. The molecular weight excluding hydrogens is 374 g/mol. The van der Waals surface area contributed by atoms with E-state index in [-0.39, 0.29) is 0 Å². The van der Waals surface area contributed by atoms with Gasteiger partial charge in [0.2, 0.25) is 5.88 Å². The van der Waals surface area contributed by atoms with Crippen LogP contribution < -0.4 is 15.0 Å². The van der Waals surface area contributed by atoms with Gasteiger partial charge >= 0.3 is 0 Å². The monoisotopic (exact) mass is 401 g/mol. The average molecular weight is 402 g/mol. The zero-order valence-corrected chi connectivity index (χ0v) is 17.5. The summed E-state index contributed by atoms with van der Waals surface area (Å²) in [6, 6.07) is 12.8. The van der Waals surface area contributed by atoms with Crippen molar-refractivity contribution in [2.45, 2.75) is 50.4 Å². The van der Waals surface area contributed by atoms with Crippen LogP contribution >= 0.6 is 0 Å². The fourth-order valence-corrected chi connectivity index (χ4v) is 5.34.